The van der Waals surface area contributed by atoms with Crippen molar-refractivity contribution in [3.63, 3.8) is 0 Å². The Kier molecular flexibility index (Phi) is 5.67. The number of likely N-dealkylation sites (N-methyl/N-ethyl adjacent to an activating group) is 1. The molecule has 2 aromatic heterocycles. The Labute approximate surface area is 214 Å². The molecule has 7 heteroatoms. The molecule has 1 N–H and O–H groups in total. The molecule has 2 aromatic carbocycles. The van der Waals surface area contributed by atoms with Crippen LogP contribution in [0, 0.1) is 6.92 Å². The highest BCUT2D eigenvalue weighted by Gasteiger charge is 2.36. The van der Waals surface area contributed by atoms with Crippen LogP contribution in [0.3, 0.4) is 0 Å². The maximum atomic E-state index is 14.0. The maximum Gasteiger partial charge on any atom is 0.322 e. The number of urea groups is 1. The van der Waals surface area contributed by atoms with Gasteiger partial charge >= 0.3 is 6.03 Å². The first-order chi connectivity index (χ1) is 17.0. The average molecular weight is 503 g/mol. The number of aryl methyl sites for hydroxylation is 1. The summed E-state index contributed by atoms with van der Waals surface area (Å²) in [7, 11) is 2.17. The number of hydrogen-bond donors (Lipinski definition) is 1. The maximum absolute atomic E-state index is 14.0. The number of aromatic nitrogens is 1. The van der Waals surface area contributed by atoms with Crippen LogP contribution in [0.5, 0.6) is 0 Å². The van der Waals surface area contributed by atoms with Gasteiger partial charge in [0.25, 0.3) is 0 Å². The first kappa shape index (κ1) is 22.4. The Hall–Kier alpha value is -3.06. The zero-order chi connectivity index (χ0) is 24.1. The van der Waals surface area contributed by atoms with Gasteiger partial charge in [-0.3, -0.25) is 0 Å². The van der Waals surface area contributed by atoms with Crippen LogP contribution >= 0.6 is 22.9 Å². The number of benzene rings is 2. The standard InChI is InChI=1S/C28H27ClN4OS/c1-18-6-3-9-21(14-18)30-28(34)33-16-23-22-11-13-31(2)17-25(22)35-27(23)32-12-5-10-24(32)26(33)19-7-4-8-20(29)15-19/h3-10,12,14-15,26H,11,13,16-17H2,1-2H3,(H,30,34). The van der Waals surface area contributed by atoms with Crippen molar-refractivity contribution >= 4 is 34.7 Å². The van der Waals surface area contributed by atoms with Crippen molar-refractivity contribution in [1.29, 1.82) is 0 Å². The van der Waals surface area contributed by atoms with Crippen molar-refractivity contribution in [3.8, 4) is 5.00 Å². The molecule has 1 atom stereocenters. The van der Waals surface area contributed by atoms with Gasteiger partial charge in [-0.1, -0.05) is 35.9 Å². The summed E-state index contributed by atoms with van der Waals surface area (Å²) in [6, 6.07) is 19.6. The molecule has 5 nitrogen and oxygen atoms in total. The molecule has 35 heavy (non-hydrogen) atoms. The van der Waals surface area contributed by atoms with E-state index in [1.807, 2.05) is 65.6 Å². The van der Waals surface area contributed by atoms with Crippen LogP contribution in [-0.2, 0) is 19.5 Å². The highest BCUT2D eigenvalue weighted by molar-refractivity contribution is 7.15. The van der Waals surface area contributed by atoms with E-state index < -0.39 is 0 Å². The summed E-state index contributed by atoms with van der Waals surface area (Å²) in [4.78, 5) is 19.7. The van der Waals surface area contributed by atoms with Crippen LogP contribution in [0.4, 0.5) is 10.5 Å². The van der Waals surface area contributed by atoms with Gasteiger partial charge in [0.2, 0.25) is 0 Å². The van der Waals surface area contributed by atoms with E-state index in [1.165, 1.54) is 21.0 Å². The molecule has 0 saturated heterocycles. The Morgan fingerprint density at radius 2 is 1.91 bits per heavy atom. The molecule has 0 spiro atoms. The van der Waals surface area contributed by atoms with Crippen molar-refractivity contribution in [2.45, 2.75) is 32.5 Å². The lowest BCUT2D eigenvalue weighted by Crippen LogP contribution is -2.38. The van der Waals surface area contributed by atoms with Crippen molar-refractivity contribution in [2.24, 2.45) is 0 Å². The fourth-order valence-electron chi connectivity index (χ4n) is 5.30. The Morgan fingerprint density at radius 1 is 1.06 bits per heavy atom. The van der Waals surface area contributed by atoms with Crippen LogP contribution in [0.2, 0.25) is 5.02 Å². The predicted molar refractivity (Wildman–Crippen MR) is 143 cm³/mol. The summed E-state index contributed by atoms with van der Waals surface area (Å²) < 4.78 is 2.28. The topological polar surface area (TPSA) is 40.5 Å². The minimum absolute atomic E-state index is 0.117. The van der Waals surface area contributed by atoms with Gasteiger partial charge in [0.15, 0.2) is 0 Å². The van der Waals surface area contributed by atoms with Gasteiger partial charge in [-0.25, -0.2) is 4.79 Å². The van der Waals surface area contributed by atoms with E-state index in [4.69, 9.17) is 11.6 Å². The van der Waals surface area contributed by atoms with Gasteiger partial charge in [0.1, 0.15) is 5.00 Å². The summed E-state index contributed by atoms with van der Waals surface area (Å²) in [5.74, 6) is 0. The quantitative estimate of drug-likeness (QED) is 0.334. The van der Waals surface area contributed by atoms with Crippen molar-refractivity contribution < 1.29 is 4.79 Å². The number of nitrogens with zero attached hydrogens (tertiary/aromatic N) is 3. The SMILES string of the molecule is Cc1cccc(NC(=O)N2Cc3c(sc4c3CCN(C)C4)-n3cccc3C2c2cccc(Cl)c2)c1. The second-order valence-corrected chi connectivity index (χ2v) is 11.0. The molecular formula is C28H27ClN4OS. The number of nitrogens with one attached hydrogen (secondary N) is 1. The van der Waals surface area contributed by atoms with Crippen LogP contribution in [0.15, 0.2) is 66.9 Å². The molecule has 0 radical (unpaired) electrons. The number of amides is 2. The van der Waals surface area contributed by atoms with Gasteiger partial charge in [0, 0.05) is 40.4 Å². The van der Waals surface area contributed by atoms with Crippen LogP contribution in [-0.4, -0.2) is 34.0 Å². The summed E-state index contributed by atoms with van der Waals surface area (Å²) in [6.45, 7) is 4.56. The second kappa shape index (κ2) is 8.86. The number of fused-ring (bicyclic) bond motifs is 5. The second-order valence-electron chi connectivity index (χ2n) is 9.46. The van der Waals surface area contributed by atoms with E-state index in [1.54, 1.807) is 0 Å². The first-order valence-corrected chi connectivity index (χ1v) is 13.1. The molecule has 6 rings (SSSR count). The third-order valence-corrected chi connectivity index (χ3v) is 8.44. The van der Waals surface area contributed by atoms with Crippen molar-refractivity contribution in [3.05, 3.63) is 105 Å². The molecule has 0 saturated carbocycles. The predicted octanol–water partition coefficient (Wildman–Crippen LogP) is 6.63. The Balaban J connectivity index is 1.50. The minimum Gasteiger partial charge on any atom is -0.310 e. The summed E-state index contributed by atoms with van der Waals surface area (Å²) in [6.07, 6.45) is 3.13. The summed E-state index contributed by atoms with van der Waals surface area (Å²) in [5.41, 5.74) is 6.64. The van der Waals surface area contributed by atoms with Gasteiger partial charge < -0.3 is 19.7 Å². The minimum atomic E-state index is -0.268. The lowest BCUT2D eigenvalue weighted by Gasteiger charge is -2.32. The molecular weight excluding hydrogens is 476 g/mol. The number of hydrogen-bond acceptors (Lipinski definition) is 3. The summed E-state index contributed by atoms with van der Waals surface area (Å²) in [5, 5.41) is 5.06. The Morgan fingerprint density at radius 3 is 2.74 bits per heavy atom. The number of rotatable bonds is 2. The Bertz CT molecular complexity index is 1420. The van der Waals surface area contributed by atoms with Gasteiger partial charge in [-0.15, -0.1) is 11.3 Å². The zero-order valence-electron chi connectivity index (χ0n) is 19.8. The molecule has 0 bridgehead atoms. The van der Waals surface area contributed by atoms with Gasteiger partial charge in [0.05, 0.1) is 18.3 Å². The van der Waals surface area contributed by atoms with E-state index in [-0.39, 0.29) is 12.1 Å². The largest absolute Gasteiger partial charge is 0.322 e. The van der Waals surface area contributed by atoms with Crippen LogP contribution in [0.1, 0.15) is 38.9 Å². The lowest BCUT2D eigenvalue weighted by atomic mass is 10.0. The highest BCUT2D eigenvalue weighted by atomic mass is 35.5. The van der Waals surface area contributed by atoms with Gasteiger partial charge in [-0.2, -0.15) is 0 Å². The molecule has 1 unspecified atom stereocenters. The van der Waals surface area contributed by atoms with Crippen molar-refractivity contribution in [2.75, 3.05) is 18.9 Å². The molecule has 0 aliphatic carbocycles. The third-order valence-electron chi connectivity index (χ3n) is 6.95. The molecule has 4 heterocycles. The average Bonchev–Trinajstić information content (AvgIpc) is 3.40. The number of carbonyl (C=O) groups excluding carboxylic acids is 1. The number of halogens is 1. The van der Waals surface area contributed by atoms with E-state index in [2.05, 4.69) is 46.2 Å². The van der Waals surface area contributed by atoms with Crippen molar-refractivity contribution in [1.82, 2.24) is 14.4 Å². The monoisotopic (exact) mass is 502 g/mol. The third kappa shape index (κ3) is 4.05. The van der Waals surface area contributed by atoms with E-state index >= 15 is 0 Å². The highest BCUT2D eigenvalue weighted by Crippen LogP contribution is 2.43. The molecule has 2 aliphatic rings. The molecule has 4 aromatic rings. The molecule has 178 valence electrons. The fraction of sp³-hybridized carbons (Fsp3) is 0.250. The smallest absolute Gasteiger partial charge is 0.310 e. The first-order valence-electron chi connectivity index (χ1n) is 11.9. The normalized spacial score (nSPS) is 17.3. The van der Waals surface area contributed by atoms with E-state index in [0.717, 1.165) is 42.0 Å². The van der Waals surface area contributed by atoms with Crippen LogP contribution in [0.25, 0.3) is 5.00 Å². The number of anilines is 1. The van der Waals surface area contributed by atoms with Gasteiger partial charge in [-0.05, 0) is 73.5 Å². The number of carbonyl (C=O) groups is 1. The molecule has 2 aliphatic heterocycles. The summed E-state index contributed by atoms with van der Waals surface area (Å²) >= 11 is 8.29. The molecule has 2 amide bonds. The van der Waals surface area contributed by atoms with E-state index in [9.17, 15) is 4.79 Å². The van der Waals surface area contributed by atoms with E-state index in [0.29, 0.717) is 11.6 Å². The lowest BCUT2D eigenvalue weighted by molar-refractivity contribution is 0.194. The fourth-order valence-corrected chi connectivity index (χ4v) is 6.94. The number of thiophene rings is 1. The zero-order valence-corrected chi connectivity index (χ0v) is 21.4. The van der Waals surface area contributed by atoms with Crippen LogP contribution < -0.4 is 5.32 Å². The molecule has 0 fully saturated rings.